The third-order valence-electron chi connectivity index (χ3n) is 5.43. The number of ether oxygens (including phenoxy) is 1. The van der Waals surface area contributed by atoms with E-state index in [2.05, 4.69) is 42.6 Å². The van der Waals surface area contributed by atoms with Crippen molar-refractivity contribution in [2.24, 2.45) is 0 Å². The van der Waals surface area contributed by atoms with Crippen LogP contribution < -0.4 is 0 Å². The molecule has 0 spiro atoms. The summed E-state index contributed by atoms with van der Waals surface area (Å²) in [4.78, 5) is 13.7. The number of unbranched alkanes of at least 4 members (excludes halogenated alkanes) is 9. The van der Waals surface area contributed by atoms with Gasteiger partial charge in [0.15, 0.2) is 0 Å². The number of carbonyl (C=O) groups is 1. The van der Waals surface area contributed by atoms with E-state index in [4.69, 9.17) is 4.74 Å². The van der Waals surface area contributed by atoms with Crippen LogP contribution in [0.3, 0.4) is 0 Å². The zero-order valence-electron chi connectivity index (χ0n) is 19.0. The summed E-state index contributed by atoms with van der Waals surface area (Å²) in [7, 11) is 0. The average Bonchev–Trinajstić information content (AvgIpc) is 3.12. The third-order valence-corrected chi connectivity index (χ3v) is 5.43. The highest BCUT2D eigenvalue weighted by Crippen LogP contribution is 2.14. The van der Waals surface area contributed by atoms with E-state index in [1.807, 2.05) is 4.68 Å². The summed E-state index contributed by atoms with van der Waals surface area (Å²) in [6, 6.07) is 0. The number of aryl methyl sites for hydroxylation is 1. The van der Waals surface area contributed by atoms with Crippen LogP contribution in [0.2, 0.25) is 0 Å². The van der Waals surface area contributed by atoms with Crippen molar-refractivity contribution in [3.05, 3.63) is 24.0 Å². The Hall–Kier alpha value is -1.69. The molecule has 0 N–H and O–H groups in total. The summed E-state index contributed by atoms with van der Waals surface area (Å²) in [6.07, 6.45) is 14.3. The predicted molar refractivity (Wildman–Crippen MR) is 118 cm³/mol. The average molecular weight is 407 g/mol. The molecule has 1 rings (SSSR count). The molecule has 0 radical (unpaired) electrons. The lowest BCUT2D eigenvalue weighted by Crippen LogP contribution is -2.25. The molecule has 0 aliphatic heterocycles. The van der Waals surface area contributed by atoms with E-state index in [1.54, 1.807) is 0 Å². The van der Waals surface area contributed by atoms with Crippen LogP contribution >= 0.6 is 0 Å². The standard InChI is InChI=1S/C23H42N4O2/c1-5-9-10-11-12-13-14-15-16-17-18-27-22(19-26(7-3)8-4)21(24-25-27)20-29-23(28)6-2/h6H,2,5,7-20H2,1,3-4H3. The molecule has 0 fully saturated rings. The molecular weight excluding hydrogens is 364 g/mol. The van der Waals surface area contributed by atoms with Crippen molar-refractivity contribution < 1.29 is 9.53 Å². The first-order chi connectivity index (χ1) is 14.2. The van der Waals surface area contributed by atoms with Crippen LogP contribution in [-0.2, 0) is 29.2 Å². The van der Waals surface area contributed by atoms with Gasteiger partial charge in [-0.1, -0.05) is 90.4 Å². The first-order valence-corrected chi connectivity index (χ1v) is 11.6. The number of nitrogens with zero attached hydrogens (tertiary/aromatic N) is 4. The molecule has 166 valence electrons. The molecule has 0 unspecified atom stereocenters. The lowest BCUT2D eigenvalue weighted by Gasteiger charge is -2.19. The molecule has 0 aliphatic carbocycles. The number of hydrogen-bond acceptors (Lipinski definition) is 5. The van der Waals surface area contributed by atoms with Crippen LogP contribution in [0, 0.1) is 0 Å². The van der Waals surface area contributed by atoms with Crippen LogP contribution in [0.15, 0.2) is 12.7 Å². The van der Waals surface area contributed by atoms with Gasteiger partial charge in [0.25, 0.3) is 0 Å². The molecule has 0 saturated carbocycles. The zero-order valence-corrected chi connectivity index (χ0v) is 19.0. The minimum Gasteiger partial charge on any atom is -0.456 e. The number of hydrogen-bond donors (Lipinski definition) is 0. The maximum absolute atomic E-state index is 11.4. The summed E-state index contributed by atoms with van der Waals surface area (Å²) in [5, 5.41) is 8.62. The van der Waals surface area contributed by atoms with Gasteiger partial charge in [0.05, 0.1) is 5.69 Å². The second-order valence-corrected chi connectivity index (χ2v) is 7.66. The largest absolute Gasteiger partial charge is 0.456 e. The number of carbonyl (C=O) groups excluding carboxylic acids is 1. The SMILES string of the molecule is C=CC(=O)OCc1nnn(CCCCCCCCCCCC)c1CN(CC)CC. The Morgan fingerprint density at radius 2 is 1.59 bits per heavy atom. The molecule has 0 aromatic carbocycles. The smallest absolute Gasteiger partial charge is 0.330 e. The lowest BCUT2D eigenvalue weighted by molar-refractivity contribution is -0.139. The van der Waals surface area contributed by atoms with Crippen LogP contribution in [0.5, 0.6) is 0 Å². The Labute approximate surface area is 177 Å². The van der Waals surface area contributed by atoms with Gasteiger partial charge in [-0.3, -0.25) is 4.90 Å². The van der Waals surface area contributed by atoms with Crippen LogP contribution in [0.4, 0.5) is 0 Å². The van der Waals surface area contributed by atoms with Crippen molar-refractivity contribution in [3.8, 4) is 0 Å². The Morgan fingerprint density at radius 3 is 2.14 bits per heavy atom. The van der Waals surface area contributed by atoms with Gasteiger partial charge in [-0.25, -0.2) is 9.48 Å². The number of aromatic nitrogens is 3. The highest BCUT2D eigenvalue weighted by atomic mass is 16.5. The third kappa shape index (κ3) is 10.6. The maximum atomic E-state index is 11.4. The van der Waals surface area contributed by atoms with Gasteiger partial charge in [0.1, 0.15) is 12.3 Å². The van der Waals surface area contributed by atoms with Gasteiger partial charge in [-0.05, 0) is 19.5 Å². The summed E-state index contributed by atoms with van der Waals surface area (Å²) in [6.45, 7) is 13.7. The summed E-state index contributed by atoms with van der Waals surface area (Å²) < 4.78 is 7.19. The predicted octanol–water partition coefficient (Wildman–Crippen LogP) is 5.27. The maximum Gasteiger partial charge on any atom is 0.330 e. The van der Waals surface area contributed by atoms with E-state index in [0.29, 0.717) is 0 Å². The van der Waals surface area contributed by atoms with E-state index in [9.17, 15) is 4.79 Å². The molecule has 1 aromatic heterocycles. The fourth-order valence-corrected chi connectivity index (χ4v) is 3.44. The molecule has 0 atom stereocenters. The molecule has 1 aromatic rings. The second-order valence-electron chi connectivity index (χ2n) is 7.66. The molecular formula is C23H42N4O2. The lowest BCUT2D eigenvalue weighted by atomic mass is 10.1. The Balaban J connectivity index is 2.45. The Kier molecular flexibility index (Phi) is 14.1. The van der Waals surface area contributed by atoms with Crippen molar-refractivity contribution in [1.82, 2.24) is 19.9 Å². The van der Waals surface area contributed by atoms with E-state index in [-0.39, 0.29) is 6.61 Å². The number of esters is 1. The summed E-state index contributed by atoms with van der Waals surface area (Å²) in [5.41, 5.74) is 1.81. The number of rotatable bonds is 18. The van der Waals surface area contributed by atoms with E-state index in [0.717, 1.165) is 44.0 Å². The van der Waals surface area contributed by atoms with Crippen LogP contribution in [-0.4, -0.2) is 39.0 Å². The fraction of sp³-hybridized carbons (Fsp3) is 0.783. The van der Waals surface area contributed by atoms with Gasteiger partial charge in [-0.15, -0.1) is 5.10 Å². The van der Waals surface area contributed by atoms with Crippen molar-refractivity contribution in [2.75, 3.05) is 13.1 Å². The Morgan fingerprint density at radius 1 is 1.00 bits per heavy atom. The second kappa shape index (κ2) is 16.1. The van der Waals surface area contributed by atoms with Gasteiger partial charge < -0.3 is 4.74 Å². The minimum atomic E-state index is -0.428. The molecule has 0 aliphatic rings. The first-order valence-electron chi connectivity index (χ1n) is 11.6. The van der Waals surface area contributed by atoms with Gasteiger partial charge >= 0.3 is 5.97 Å². The van der Waals surface area contributed by atoms with Crippen molar-refractivity contribution in [2.45, 2.75) is 105 Å². The summed E-state index contributed by atoms with van der Waals surface area (Å²) in [5.74, 6) is -0.428. The highest BCUT2D eigenvalue weighted by molar-refractivity contribution is 5.81. The Bertz CT molecular complexity index is 567. The molecule has 6 nitrogen and oxygen atoms in total. The van der Waals surface area contributed by atoms with Gasteiger partial charge in [0.2, 0.25) is 0 Å². The van der Waals surface area contributed by atoms with Crippen molar-refractivity contribution in [3.63, 3.8) is 0 Å². The van der Waals surface area contributed by atoms with Crippen LogP contribution in [0.25, 0.3) is 0 Å². The fourth-order valence-electron chi connectivity index (χ4n) is 3.44. The van der Waals surface area contributed by atoms with Crippen molar-refractivity contribution in [1.29, 1.82) is 0 Å². The van der Waals surface area contributed by atoms with Gasteiger partial charge in [-0.2, -0.15) is 0 Å². The highest BCUT2D eigenvalue weighted by Gasteiger charge is 2.16. The molecule has 0 amide bonds. The topological polar surface area (TPSA) is 60.2 Å². The van der Waals surface area contributed by atoms with Crippen LogP contribution in [0.1, 0.15) is 96.4 Å². The molecule has 0 bridgehead atoms. The minimum absolute atomic E-state index is 0.152. The van der Waals surface area contributed by atoms with Gasteiger partial charge in [0, 0.05) is 19.2 Å². The van der Waals surface area contributed by atoms with E-state index < -0.39 is 5.97 Å². The molecule has 29 heavy (non-hydrogen) atoms. The zero-order chi connectivity index (χ0) is 21.3. The van der Waals surface area contributed by atoms with Crippen molar-refractivity contribution >= 4 is 5.97 Å². The van der Waals surface area contributed by atoms with E-state index >= 15 is 0 Å². The monoisotopic (exact) mass is 406 g/mol. The normalized spacial score (nSPS) is 11.2. The summed E-state index contributed by atoms with van der Waals surface area (Å²) >= 11 is 0. The quantitative estimate of drug-likeness (QED) is 0.189. The van der Waals surface area contributed by atoms with E-state index in [1.165, 1.54) is 63.9 Å². The molecule has 6 heteroatoms. The molecule has 0 saturated heterocycles. The molecule has 1 heterocycles. The first kappa shape index (κ1) is 25.3.